The topological polar surface area (TPSA) is 78.1 Å². The highest BCUT2D eigenvalue weighted by Gasteiger charge is 2.44. The third-order valence-corrected chi connectivity index (χ3v) is 4.05. The lowest BCUT2D eigenvalue weighted by molar-refractivity contribution is 0.0656. The van der Waals surface area contributed by atoms with E-state index in [1.807, 2.05) is 0 Å². The van der Waals surface area contributed by atoms with Gasteiger partial charge in [-0.1, -0.05) is 13.8 Å². The largest absolute Gasteiger partial charge is 0.381 e. The van der Waals surface area contributed by atoms with Gasteiger partial charge in [-0.05, 0) is 17.4 Å². The Balaban J connectivity index is 2.19. The zero-order valence-electron chi connectivity index (χ0n) is 11.4. The second kappa shape index (κ2) is 3.87. The molecule has 2 N–H and O–H groups in total. The van der Waals surface area contributed by atoms with Crippen molar-refractivity contribution in [2.45, 2.75) is 32.8 Å². The fourth-order valence-corrected chi connectivity index (χ4v) is 3.23. The minimum absolute atomic E-state index is 0.0459. The van der Waals surface area contributed by atoms with Crippen LogP contribution in [0.4, 0.5) is 5.95 Å². The third-order valence-electron chi connectivity index (χ3n) is 4.05. The Hall–Kier alpha value is -1.75. The summed E-state index contributed by atoms with van der Waals surface area (Å²) in [5, 5.41) is 0. The molecule has 2 aliphatic rings. The van der Waals surface area contributed by atoms with Crippen molar-refractivity contribution < 1.29 is 9.53 Å². The van der Waals surface area contributed by atoms with Gasteiger partial charge in [0.15, 0.2) is 5.78 Å². The second-order valence-corrected chi connectivity index (χ2v) is 5.82. The molecule has 100 valence electrons. The number of nitrogen functional groups attached to an aromatic ring is 1. The number of fused-ring (bicyclic) bond motifs is 2. The van der Waals surface area contributed by atoms with Crippen LogP contribution in [0.3, 0.4) is 0 Å². The lowest BCUT2D eigenvalue weighted by Gasteiger charge is -2.35. The number of anilines is 1. The fraction of sp³-hybridized carbons (Fsp3) is 0.500. The van der Waals surface area contributed by atoms with Crippen LogP contribution in [0, 0.1) is 5.41 Å². The number of ether oxygens (including phenoxy) is 1. The monoisotopic (exact) mass is 259 g/mol. The third kappa shape index (κ3) is 1.69. The van der Waals surface area contributed by atoms with E-state index >= 15 is 0 Å². The summed E-state index contributed by atoms with van der Waals surface area (Å²) in [7, 11) is 1.71. The summed E-state index contributed by atoms with van der Waals surface area (Å²) in [6.07, 6.45) is 3.20. The van der Waals surface area contributed by atoms with Crippen LogP contribution in [0.2, 0.25) is 0 Å². The van der Waals surface area contributed by atoms with Crippen LogP contribution in [-0.2, 0) is 4.74 Å². The molecule has 2 aliphatic carbocycles. The van der Waals surface area contributed by atoms with Crippen molar-refractivity contribution in [1.29, 1.82) is 0 Å². The van der Waals surface area contributed by atoms with Gasteiger partial charge >= 0.3 is 0 Å². The molecule has 5 heteroatoms. The molecule has 0 aliphatic heterocycles. The normalized spacial score (nSPS) is 24.4. The van der Waals surface area contributed by atoms with E-state index in [1.54, 1.807) is 7.11 Å². The van der Waals surface area contributed by atoms with Crippen molar-refractivity contribution in [2.75, 3.05) is 12.8 Å². The zero-order chi connectivity index (χ0) is 13.8. The molecule has 1 unspecified atom stereocenters. The highest BCUT2D eigenvalue weighted by Crippen LogP contribution is 2.49. The van der Waals surface area contributed by atoms with Crippen molar-refractivity contribution >= 4 is 17.3 Å². The molecule has 0 saturated carbocycles. The van der Waals surface area contributed by atoms with E-state index in [0.29, 0.717) is 17.7 Å². The average Bonchev–Trinajstić information content (AvgIpc) is 2.62. The molecule has 0 bridgehead atoms. The SMILES string of the molecule is COC1CC2=C(C(=O)c3cnc(N)nc32)C(C)(C)C1. The standard InChI is InChI=1S/C14H17N3O2/c1-14(2)5-7(19-3)4-8-10(14)12(18)9-6-16-13(15)17-11(8)9/h6-7H,4-5H2,1-3H3,(H2,15,16,17). The summed E-state index contributed by atoms with van der Waals surface area (Å²) in [5.74, 6) is 0.252. The van der Waals surface area contributed by atoms with Crippen molar-refractivity contribution in [3.63, 3.8) is 0 Å². The summed E-state index contributed by atoms with van der Waals surface area (Å²) >= 11 is 0. The molecule has 0 amide bonds. The van der Waals surface area contributed by atoms with Crippen molar-refractivity contribution in [2.24, 2.45) is 5.41 Å². The number of carbonyl (C=O) groups excluding carboxylic acids is 1. The van der Waals surface area contributed by atoms with E-state index in [9.17, 15) is 4.79 Å². The Morgan fingerprint density at radius 1 is 1.47 bits per heavy atom. The van der Waals surface area contributed by atoms with Gasteiger partial charge in [-0.3, -0.25) is 4.79 Å². The zero-order valence-corrected chi connectivity index (χ0v) is 11.4. The molecular weight excluding hydrogens is 242 g/mol. The lowest BCUT2D eigenvalue weighted by Crippen LogP contribution is -2.31. The van der Waals surface area contributed by atoms with Crippen LogP contribution >= 0.6 is 0 Å². The van der Waals surface area contributed by atoms with Crippen LogP contribution in [-0.4, -0.2) is 29.0 Å². The first kappa shape index (κ1) is 12.3. The van der Waals surface area contributed by atoms with E-state index in [-0.39, 0.29) is 23.3 Å². The van der Waals surface area contributed by atoms with Crippen LogP contribution in [0.15, 0.2) is 11.8 Å². The second-order valence-electron chi connectivity index (χ2n) is 5.82. The predicted molar refractivity (Wildman–Crippen MR) is 71.5 cm³/mol. The first-order chi connectivity index (χ1) is 8.94. The van der Waals surface area contributed by atoms with Crippen LogP contribution < -0.4 is 5.73 Å². The summed E-state index contributed by atoms with van der Waals surface area (Å²) in [5.41, 5.74) is 8.55. The van der Waals surface area contributed by atoms with Gasteiger partial charge in [-0.15, -0.1) is 0 Å². The molecule has 1 aromatic heterocycles. The molecule has 3 rings (SSSR count). The van der Waals surface area contributed by atoms with Gasteiger partial charge in [-0.2, -0.15) is 0 Å². The Morgan fingerprint density at radius 2 is 2.21 bits per heavy atom. The van der Waals surface area contributed by atoms with Gasteiger partial charge in [0, 0.05) is 25.3 Å². The number of nitrogens with zero attached hydrogens (tertiary/aromatic N) is 2. The minimum atomic E-state index is -0.208. The highest BCUT2D eigenvalue weighted by atomic mass is 16.5. The number of aromatic nitrogens is 2. The smallest absolute Gasteiger partial charge is 0.220 e. The number of allylic oxidation sites excluding steroid dienone is 1. The molecule has 0 saturated heterocycles. The first-order valence-electron chi connectivity index (χ1n) is 6.38. The average molecular weight is 259 g/mol. The summed E-state index contributed by atoms with van der Waals surface area (Å²) in [6, 6.07) is 0. The van der Waals surface area contributed by atoms with E-state index in [0.717, 1.165) is 17.6 Å². The van der Waals surface area contributed by atoms with Gasteiger partial charge in [-0.25, -0.2) is 9.97 Å². The Bertz CT molecular complexity index is 605. The van der Waals surface area contributed by atoms with Crippen molar-refractivity contribution in [3.8, 4) is 0 Å². The van der Waals surface area contributed by atoms with E-state index in [2.05, 4.69) is 23.8 Å². The molecule has 1 atom stereocenters. The first-order valence-corrected chi connectivity index (χ1v) is 6.38. The van der Waals surface area contributed by atoms with Gasteiger partial charge in [0.1, 0.15) is 0 Å². The quantitative estimate of drug-likeness (QED) is 0.832. The Morgan fingerprint density at radius 3 is 2.89 bits per heavy atom. The number of ketones is 1. The van der Waals surface area contributed by atoms with E-state index in [4.69, 9.17) is 10.5 Å². The maximum absolute atomic E-state index is 12.5. The molecule has 1 aromatic rings. The summed E-state index contributed by atoms with van der Waals surface area (Å²) in [6.45, 7) is 4.15. The summed E-state index contributed by atoms with van der Waals surface area (Å²) < 4.78 is 5.50. The van der Waals surface area contributed by atoms with Gasteiger partial charge in [0.25, 0.3) is 0 Å². The minimum Gasteiger partial charge on any atom is -0.381 e. The number of hydrogen-bond donors (Lipinski definition) is 1. The predicted octanol–water partition coefficient (Wildman–Crippen LogP) is 1.84. The molecule has 0 radical (unpaired) electrons. The lowest BCUT2D eigenvalue weighted by atomic mass is 9.71. The number of rotatable bonds is 1. The van der Waals surface area contributed by atoms with Gasteiger partial charge in [0.05, 0.1) is 17.4 Å². The molecule has 5 nitrogen and oxygen atoms in total. The number of nitrogens with two attached hydrogens (primary N) is 1. The van der Waals surface area contributed by atoms with Crippen LogP contribution in [0.5, 0.6) is 0 Å². The maximum atomic E-state index is 12.5. The molecule has 0 fully saturated rings. The van der Waals surface area contributed by atoms with E-state index < -0.39 is 0 Å². The number of methoxy groups -OCH3 is 1. The fourth-order valence-electron chi connectivity index (χ4n) is 3.23. The van der Waals surface area contributed by atoms with Crippen LogP contribution in [0.1, 0.15) is 42.7 Å². The van der Waals surface area contributed by atoms with Crippen LogP contribution in [0.25, 0.3) is 5.57 Å². The maximum Gasteiger partial charge on any atom is 0.220 e. The molecule has 0 aromatic carbocycles. The van der Waals surface area contributed by atoms with Crippen molar-refractivity contribution in [1.82, 2.24) is 9.97 Å². The number of carbonyl (C=O) groups is 1. The summed E-state index contributed by atoms with van der Waals surface area (Å²) in [4.78, 5) is 20.7. The Kier molecular flexibility index (Phi) is 2.50. The number of Topliss-reactive ketones (excluding diaryl/α,β-unsaturated/α-hetero) is 1. The molecule has 19 heavy (non-hydrogen) atoms. The molecule has 1 heterocycles. The number of hydrogen-bond acceptors (Lipinski definition) is 5. The molecular formula is C14H17N3O2. The van der Waals surface area contributed by atoms with Gasteiger partial charge in [0.2, 0.25) is 5.95 Å². The van der Waals surface area contributed by atoms with Gasteiger partial charge < -0.3 is 10.5 Å². The van der Waals surface area contributed by atoms with E-state index in [1.165, 1.54) is 6.20 Å². The Labute approximate surface area is 111 Å². The molecule has 0 spiro atoms. The highest BCUT2D eigenvalue weighted by molar-refractivity contribution is 6.21. The van der Waals surface area contributed by atoms with Crippen molar-refractivity contribution in [3.05, 3.63) is 23.0 Å².